The van der Waals surface area contributed by atoms with E-state index in [1.807, 2.05) is 20.8 Å². The van der Waals surface area contributed by atoms with E-state index in [2.05, 4.69) is 30.0 Å². The minimum absolute atomic E-state index is 0.104. The number of aliphatic hydroxyl groups is 1. The molecule has 0 aromatic carbocycles. The van der Waals surface area contributed by atoms with Gasteiger partial charge in [0, 0.05) is 11.4 Å². The molecule has 0 saturated carbocycles. The SMILES string of the molecule is COc1ncc(C(C)Sc2nc(N[C@@H](CO)CC(C)C)nc(NS(C)(=O)=O)n2)cc1F. The smallest absolute Gasteiger partial charge is 0.250 e. The van der Waals surface area contributed by atoms with Crippen LogP contribution >= 0.6 is 11.8 Å². The van der Waals surface area contributed by atoms with Crippen LogP contribution in [0.3, 0.4) is 0 Å². The van der Waals surface area contributed by atoms with Gasteiger partial charge in [0.2, 0.25) is 27.8 Å². The minimum atomic E-state index is -3.62. The zero-order chi connectivity index (χ0) is 23.2. The molecular weight excluding hydrogens is 447 g/mol. The fourth-order valence-electron chi connectivity index (χ4n) is 2.65. The average molecular weight is 475 g/mol. The lowest BCUT2D eigenvalue weighted by molar-refractivity contribution is 0.259. The van der Waals surface area contributed by atoms with E-state index in [-0.39, 0.29) is 40.8 Å². The Hall–Kier alpha value is -2.25. The monoisotopic (exact) mass is 474 g/mol. The van der Waals surface area contributed by atoms with Crippen molar-refractivity contribution in [2.24, 2.45) is 5.92 Å². The van der Waals surface area contributed by atoms with Crippen LogP contribution in [0.25, 0.3) is 0 Å². The summed E-state index contributed by atoms with van der Waals surface area (Å²) in [6, 6.07) is 0.993. The summed E-state index contributed by atoms with van der Waals surface area (Å²) in [5, 5.41) is 12.5. The van der Waals surface area contributed by atoms with Gasteiger partial charge in [0.1, 0.15) is 0 Å². The molecule has 2 aromatic rings. The number of anilines is 2. The van der Waals surface area contributed by atoms with Crippen LogP contribution in [0.5, 0.6) is 5.88 Å². The van der Waals surface area contributed by atoms with E-state index < -0.39 is 15.8 Å². The van der Waals surface area contributed by atoms with Gasteiger partial charge in [0.25, 0.3) is 0 Å². The number of methoxy groups -OCH3 is 1. The second kappa shape index (κ2) is 10.9. The van der Waals surface area contributed by atoms with Gasteiger partial charge in [-0.2, -0.15) is 15.0 Å². The summed E-state index contributed by atoms with van der Waals surface area (Å²) >= 11 is 1.17. The van der Waals surface area contributed by atoms with E-state index in [0.29, 0.717) is 17.9 Å². The summed E-state index contributed by atoms with van der Waals surface area (Å²) in [6.45, 7) is 5.69. The molecule has 31 heavy (non-hydrogen) atoms. The van der Waals surface area contributed by atoms with Crippen molar-refractivity contribution in [2.45, 2.75) is 43.6 Å². The molecule has 2 aromatic heterocycles. The Morgan fingerprint density at radius 1 is 1.23 bits per heavy atom. The predicted molar refractivity (Wildman–Crippen MR) is 117 cm³/mol. The van der Waals surface area contributed by atoms with Crippen LogP contribution in [-0.2, 0) is 10.0 Å². The third-order valence-corrected chi connectivity index (χ3v) is 5.55. The predicted octanol–water partition coefficient (Wildman–Crippen LogP) is 2.46. The van der Waals surface area contributed by atoms with Gasteiger partial charge < -0.3 is 15.2 Å². The van der Waals surface area contributed by atoms with E-state index in [0.717, 1.165) is 6.26 Å². The molecule has 13 heteroatoms. The molecule has 2 heterocycles. The first-order chi connectivity index (χ1) is 14.5. The van der Waals surface area contributed by atoms with Gasteiger partial charge in [-0.3, -0.25) is 4.72 Å². The topological polar surface area (TPSA) is 139 Å². The molecule has 0 aliphatic heterocycles. The Morgan fingerprint density at radius 2 is 1.90 bits per heavy atom. The summed E-state index contributed by atoms with van der Waals surface area (Å²) in [5.41, 5.74) is 0.573. The summed E-state index contributed by atoms with van der Waals surface area (Å²) in [5.74, 6) is -0.423. The van der Waals surface area contributed by atoms with E-state index in [1.165, 1.54) is 31.1 Å². The number of nitrogens with zero attached hydrogens (tertiary/aromatic N) is 4. The molecule has 0 aliphatic carbocycles. The lowest BCUT2D eigenvalue weighted by Gasteiger charge is -2.19. The van der Waals surface area contributed by atoms with Crippen molar-refractivity contribution in [3.8, 4) is 5.88 Å². The van der Waals surface area contributed by atoms with E-state index in [9.17, 15) is 17.9 Å². The van der Waals surface area contributed by atoms with Crippen LogP contribution in [0.15, 0.2) is 17.4 Å². The highest BCUT2D eigenvalue weighted by molar-refractivity contribution is 7.99. The van der Waals surface area contributed by atoms with Crippen molar-refractivity contribution in [3.05, 3.63) is 23.6 Å². The largest absolute Gasteiger partial charge is 0.479 e. The zero-order valence-electron chi connectivity index (χ0n) is 18.0. The molecule has 0 fully saturated rings. The van der Waals surface area contributed by atoms with Crippen LogP contribution in [-0.4, -0.2) is 59.5 Å². The quantitative estimate of drug-likeness (QED) is 0.416. The normalized spacial score (nSPS) is 13.7. The molecule has 172 valence electrons. The first-order valence-corrected chi connectivity index (χ1v) is 12.2. The summed E-state index contributed by atoms with van der Waals surface area (Å²) < 4.78 is 44.4. The fourth-order valence-corrected chi connectivity index (χ4v) is 3.94. The van der Waals surface area contributed by atoms with Crippen LogP contribution in [0.1, 0.15) is 38.0 Å². The maximum atomic E-state index is 14.0. The van der Waals surface area contributed by atoms with E-state index in [1.54, 1.807) is 0 Å². The average Bonchev–Trinajstić information content (AvgIpc) is 2.65. The number of sulfonamides is 1. The maximum absolute atomic E-state index is 14.0. The minimum Gasteiger partial charge on any atom is -0.479 e. The Morgan fingerprint density at radius 3 is 2.45 bits per heavy atom. The molecule has 0 spiro atoms. The van der Waals surface area contributed by atoms with Gasteiger partial charge in [-0.25, -0.2) is 17.8 Å². The third kappa shape index (κ3) is 8.07. The number of aliphatic hydroxyl groups excluding tert-OH is 1. The number of nitrogens with one attached hydrogen (secondary N) is 2. The van der Waals surface area contributed by atoms with E-state index >= 15 is 0 Å². The molecule has 0 bridgehead atoms. The van der Waals surface area contributed by atoms with Gasteiger partial charge in [0.05, 0.1) is 26.0 Å². The van der Waals surface area contributed by atoms with Crippen molar-refractivity contribution in [1.29, 1.82) is 0 Å². The van der Waals surface area contributed by atoms with Gasteiger partial charge in [-0.05, 0) is 30.9 Å². The molecule has 2 rings (SSSR count). The highest BCUT2D eigenvalue weighted by Crippen LogP contribution is 2.34. The Bertz CT molecular complexity index is 993. The Labute approximate surface area is 185 Å². The van der Waals surface area contributed by atoms with Crippen molar-refractivity contribution in [1.82, 2.24) is 19.9 Å². The molecule has 0 saturated heterocycles. The van der Waals surface area contributed by atoms with E-state index in [4.69, 9.17) is 4.74 Å². The Balaban J connectivity index is 2.31. The molecule has 0 radical (unpaired) electrons. The number of rotatable bonds is 11. The fraction of sp³-hybridized carbons (Fsp3) is 0.556. The second-order valence-corrected chi connectivity index (χ2v) is 10.4. The highest BCUT2D eigenvalue weighted by atomic mass is 32.2. The number of halogens is 1. The summed E-state index contributed by atoms with van der Waals surface area (Å²) in [7, 11) is -2.29. The van der Waals surface area contributed by atoms with Crippen LogP contribution < -0.4 is 14.8 Å². The van der Waals surface area contributed by atoms with Crippen molar-refractivity contribution in [3.63, 3.8) is 0 Å². The molecular formula is C18H27FN6O4S2. The number of pyridine rings is 1. The van der Waals surface area contributed by atoms with Crippen molar-refractivity contribution < 1.29 is 22.7 Å². The van der Waals surface area contributed by atoms with Crippen molar-refractivity contribution in [2.75, 3.05) is 30.0 Å². The first kappa shape index (κ1) is 25.0. The van der Waals surface area contributed by atoms with Crippen molar-refractivity contribution >= 4 is 33.7 Å². The lowest BCUT2D eigenvalue weighted by atomic mass is 10.0. The number of aromatic nitrogens is 4. The van der Waals surface area contributed by atoms with Gasteiger partial charge in [-0.1, -0.05) is 25.6 Å². The zero-order valence-corrected chi connectivity index (χ0v) is 19.6. The van der Waals surface area contributed by atoms with Crippen LogP contribution in [0.4, 0.5) is 16.3 Å². The summed E-state index contributed by atoms with van der Waals surface area (Å²) in [4.78, 5) is 16.5. The molecule has 0 amide bonds. The molecule has 2 atom stereocenters. The van der Waals surface area contributed by atoms with Gasteiger partial charge >= 0.3 is 0 Å². The standard InChI is InChI=1S/C18H27FN6O4S2/c1-10(2)6-13(9-26)21-16-22-17(25-31(5,27)28)24-18(23-16)30-11(3)12-7-14(19)15(29-4)20-8-12/h7-8,10-11,13,26H,6,9H2,1-5H3,(H2,21,22,23,24,25)/t11?,13-/m1/s1. The first-order valence-electron chi connectivity index (χ1n) is 9.48. The van der Waals surface area contributed by atoms with Crippen LogP contribution in [0, 0.1) is 11.7 Å². The Kier molecular flexibility index (Phi) is 8.77. The third-order valence-electron chi connectivity index (χ3n) is 3.97. The maximum Gasteiger partial charge on any atom is 0.250 e. The molecule has 3 N–H and O–H groups in total. The molecule has 10 nitrogen and oxygen atoms in total. The lowest BCUT2D eigenvalue weighted by Crippen LogP contribution is -2.27. The van der Waals surface area contributed by atoms with Gasteiger partial charge in [-0.15, -0.1) is 0 Å². The number of hydrogen-bond donors (Lipinski definition) is 3. The molecule has 1 unspecified atom stereocenters. The van der Waals surface area contributed by atoms with Crippen LogP contribution in [0.2, 0.25) is 0 Å². The highest BCUT2D eigenvalue weighted by Gasteiger charge is 2.18. The number of hydrogen-bond acceptors (Lipinski definition) is 10. The second-order valence-electron chi connectivity index (χ2n) is 7.31. The summed E-state index contributed by atoms with van der Waals surface area (Å²) in [6.07, 6.45) is 3.13. The number of thioether (sulfide) groups is 1. The van der Waals surface area contributed by atoms with Gasteiger partial charge in [0.15, 0.2) is 11.0 Å². The number of ether oxygens (including phenoxy) is 1. The molecule has 0 aliphatic rings.